The third kappa shape index (κ3) is 3.00. The first-order valence-electron chi connectivity index (χ1n) is 5.58. The van der Waals surface area contributed by atoms with Gasteiger partial charge >= 0.3 is 0 Å². The normalized spacial score (nSPS) is 12.7. The van der Waals surface area contributed by atoms with Gasteiger partial charge in [0.1, 0.15) is 11.5 Å². The fraction of sp³-hybridized carbons (Fsp3) is 0.333. The lowest BCUT2D eigenvalue weighted by Gasteiger charge is -2.03. The van der Waals surface area contributed by atoms with Crippen molar-refractivity contribution in [1.82, 2.24) is 15.0 Å². The van der Waals surface area contributed by atoms with Crippen LogP contribution in [0.5, 0.6) is 0 Å². The second-order valence-corrected chi connectivity index (χ2v) is 4.92. The van der Waals surface area contributed by atoms with E-state index in [1.165, 1.54) is 12.1 Å². The zero-order chi connectivity index (χ0) is 13.1. The van der Waals surface area contributed by atoms with Crippen molar-refractivity contribution >= 4 is 23.2 Å². The Kier molecular flexibility index (Phi) is 4.19. The molecule has 0 aliphatic rings. The van der Waals surface area contributed by atoms with Gasteiger partial charge in [-0.05, 0) is 24.6 Å². The van der Waals surface area contributed by atoms with Crippen molar-refractivity contribution in [3.63, 3.8) is 0 Å². The molecule has 1 unspecified atom stereocenters. The first-order chi connectivity index (χ1) is 8.60. The molecule has 0 bridgehead atoms. The summed E-state index contributed by atoms with van der Waals surface area (Å²) in [6, 6.07) is 4.43. The van der Waals surface area contributed by atoms with Crippen molar-refractivity contribution in [2.24, 2.45) is 0 Å². The van der Waals surface area contributed by atoms with E-state index in [9.17, 15) is 4.39 Å². The van der Waals surface area contributed by atoms with Crippen LogP contribution in [0.3, 0.4) is 0 Å². The molecule has 18 heavy (non-hydrogen) atoms. The Hall–Kier alpha value is -1.13. The molecule has 2 rings (SSSR count). The van der Waals surface area contributed by atoms with Gasteiger partial charge in [0.05, 0.1) is 18.1 Å². The van der Waals surface area contributed by atoms with Crippen molar-refractivity contribution in [3.05, 3.63) is 46.5 Å². The molecule has 1 atom stereocenters. The Morgan fingerprint density at radius 3 is 2.94 bits per heavy atom. The van der Waals surface area contributed by atoms with Gasteiger partial charge in [0.25, 0.3) is 0 Å². The predicted octanol–water partition coefficient (Wildman–Crippen LogP) is 3.81. The second-order valence-electron chi connectivity index (χ2n) is 3.95. The Morgan fingerprint density at radius 2 is 2.22 bits per heavy atom. The van der Waals surface area contributed by atoms with E-state index < -0.39 is 0 Å². The molecule has 1 heterocycles. The number of rotatable bonds is 4. The maximum absolute atomic E-state index is 13.5. The average Bonchev–Trinajstić information content (AvgIpc) is 2.81. The van der Waals surface area contributed by atoms with E-state index in [0.717, 1.165) is 6.42 Å². The summed E-state index contributed by atoms with van der Waals surface area (Å²) in [7, 11) is 0. The first kappa shape index (κ1) is 13.3. The minimum Gasteiger partial charge on any atom is -0.248 e. The summed E-state index contributed by atoms with van der Waals surface area (Å²) in [6.07, 6.45) is 2.49. The van der Waals surface area contributed by atoms with Crippen molar-refractivity contribution in [2.45, 2.75) is 25.3 Å². The average molecular weight is 288 g/mol. The van der Waals surface area contributed by atoms with Crippen molar-refractivity contribution in [2.75, 3.05) is 0 Å². The smallest absolute Gasteiger partial charge is 0.128 e. The van der Waals surface area contributed by atoms with Crippen molar-refractivity contribution < 1.29 is 4.39 Å². The van der Waals surface area contributed by atoms with Gasteiger partial charge in [0.2, 0.25) is 0 Å². The first-order valence-corrected chi connectivity index (χ1v) is 6.39. The topological polar surface area (TPSA) is 30.7 Å². The summed E-state index contributed by atoms with van der Waals surface area (Å²) in [5.41, 5.74) is 1.17. The molecule has 0 saturated heterocycles. The van der Waals surface area contributed by atoms with Crippen LogP contribution in [0.1, 0.15) is 30.0 Å². The van der Waals surface area contributed by atoms with Gasteiger partial charge in [-0.25, -0.2) is 9.07 Å². The largest absolute Gasteiger partial charge is 0.248 e. The van der Waals surface area contributed by atoms with Gasteiger partial charge in [-0.2, -0.15) is 0 Å². The van der Waals surface area contributed by atoms with Gasteiger partial charge in [0.15, 0.2) is 0 Å². The summed E-state index contributed by atoms with van der Waals surface area (Å²) < 4.78 is 15.1. The molecule has 0 fully saturated rings. The van der Waals surface area contributed by atoms with E-state index in [0.29, 0.717) is 16.3 Å². The molecule has 3 nitrogen and oxygen atoms in total. The zero-order valence-electron chi connectivity index (χ0n) is 9.78. The molecular weight excluding hydrogens is 276 g/mol. The van der Waals surface area contributed by atoms with Gasteiger partial charge < -0.3 is 0 Å². The van der Waals surface area contributed by atoms with Crippen LogP contribution in [-0.4, -0.2) is 15.0 Å². The van der Waals surface area contributed by atoms with E-state index >= 15 is 0 Å². The van der Waals surface area contributed by atoms with Crippen LogP contribution in [0.15, 0.2) is 24.4 Å². The van der Waals surface area contributed by atoms with E-state index in [-0.39, 0.29) is 17.7 Å². The number of alkyl halides is 1. The van der Waals surface area contributed by atoms with Crippen molar-refractivity contribution in [1.29, 1.82) is 0 Å². The molecule has 6 heteroatoms. The molecule has 0 aliphatic carbocycles. The highest BCUT2D eigenvalue weighted by Crippen LogP contribution is 2.21. The van der Waals surface area contributed by atoms with Crippen LogP contribution >= 0.6 is 23.2 Å². The quantitative estimate of drug-likeness (QED) is 0.801. The minimum atomic E-state index is -0.311. The maximum atomic E-state index is 13.5. The lowest BCUT2D eigenvalue weighted by molar-refractivity contribution is 0.577. The second kappa shape index (κ2) is 5.67. The fourth-order valence-corrected chi connectivity index (χ4v) is 1.88. The lowest BCUT2D eigenvalue weighted by atomic mass is 10.2. The van der Waals surface area contributed by atoms with Crippen LogP contribution in [-0.2, 0) is 6.54 Å². The number of benzene rings is 1. The predicted molar refractivity (Wildman–Crippen MR) is 69.4 cm³/mol. The molecule has 1 aromatic heterocycles. The Balaban J connectivity index is 2.18. The van der Waals surface area contributed by atoms with E-state index in [2.05, 4.69) is 10.3 Å². The molecule has 0 saturated carbocycles. The summed E-state index contributed by atoms with van der Waals surface area (Å²) in [4.78, 5) is 0. The summed E-state index contributed by atoms with van der Waals surface area (Å²) >= 11 is 11.9. The maximum Gasteiger partial charge on any atom is 0.128 e. The Bertz CT molecular complexity index is 542. The highest BCUT2D eigenvalue weighted by molar-refractivity contribution is 6.30. The van der Waals surface area contributed by atoms with Crippen LogP contribution < -0.4 is 0 Å². The zero-order valence-corrected chi connectivity index (χ0v) is 11.3. The SMILES string of the molecule is CCC(Cl)c1cn(Cc2cc(Cl)ccc2F)nn1. The molecule has 96 valence electrons. The van der Waals surface area contributed by atoms with Crippen LogP contribution in [0.2, 0.25) is 5.02 Å². The number of hydrogen-bond acceptors (Lipinski definition) is 2. The molecule has 0 radical (unpaired) electrons. The summed E-state index contributed by atoms with van der Waals surface area (Å²) in [5, 5.41) is 8.22. The van der Waals surface area contributed by atoms with Gasteiger partial charge in [-0.15, -0.1) is 16.7 Å². The third-order valence-corrected chi connectivity index (χ3v) is 3.34. The van der Waals surface area contributed by atoms with Gasteiger partial charge in [-0.1, -0.05) is 23.7 Å². The number of aromatic nitrogens is 3. The number of nitrogens with zero attached hydrogens (tertiary/aromatic N) is 3. The third-order valence-electron chi connectivity index (χ3n) is 2.58. The summed E-state index contributed by atoms with van der Waals surface area (Å²) in [6.45, 7) is 2.25. The highest BCUT2D eigenvalue weighted by atomic mass is 35.5. The van der Waals surface area contributed by atoms with Crippen molar-refractivity contribution in [3.8, 4) is 0 Å². The van der Waals surface area contributed by atoms with Crippen LogP contribution in [0, 0.1) is 5.82 Å². The van der Waals surface area contributed by atoms with Crippen LogP contribution in [0.25, 0.3) is 0 Å². The lowest BCUT2D eigenvalue weighted by Crippen LogP contribution is -2.02. The molecule has 0 N–H and O–H groups in total. The number of halogens is 3. The molecule has 1 aromatic carbocycles. The fourth-order valence-electron chi connectivity index (χ4n) is 1.58. The van der Waals surface area contributed by atoms with Gasteiger partial charge in [0, 0.05) is 10.6 Å². The molecule has 0 aliphatic heterocycles. The number of hydrogen-bond donors (Lipinski definition) is 0. The molecule has 0 amide bonds. The molecule has 2 aromatic rings. The Morgan fingerprint density at radius 1 is 1.44 bits per heavy atom. The molecule has 0 spiro atoms. The monoisotopic (exact) mass is 287 g/mol. The van der Waals surface area contributed by atoms with Gasteiger partial charge in [-0.3, -0.25) is 0 Å². The van der Waals surface area contributed by atoms with E-state index in [4.69, 9.17) is 23.2 Å². The molecular formula is C12H12Cl2FN3. The standard InChI is InChI=1S/C12H12Cl2FN3/c1-2-10(14)12-7-18(17-16-12)6-8-5-9(13)3-4-11(8)15/h3-5,7,10H,2,6H2,1H3. The van der Waals surface area contributed by atoms with E-state index in [1.54, 1.807) is 16.9 Å². The van der Waals surface area contributed by atoms with E-state index in [1.807, 2.05) is 6.92 Å². The Labute approximate surface area is 115 Å². The summed E-state index contributed by atoms with van der Waals surface area (Å²) in [5.74, 6) is -0.311. The minimum absolute atomic E-state index is 0.164. The van der Waals surface area contributed by atoms with Crippen LogP contribution in [0.4, 0.5) is 4.39 Å². The highest BCUT2D eigenvalue weighted by Gasteiger charge is 2.11.